The number of methoxy groups -OCH3 is 1. The Morgan fingerprint density at radius 3 is 2.62 bits per heavy atom. The maximum absolute atomic E-state index is 12.5. The largest absolute Gasteiger partial charge is 0.495 e. The van der Waals surface area contributed by atoms with Crippen molar-refractivity contribution in [1.29, 1.82) is 0 Å². The number of para-hydroxylation sites is 2. The average molecular weight is 401 g/mol. The molecular weight excluding hydrogens is 378 g/mol. The van der Waals surface area contributed by atoms with Gasteiger partial charge in [-0.3, -0.25) is 19.7 Å². The van der Waals surface area contributed by atoms with Crippen LogP contribution in [0.5, 0.6) is 11.5 Å². The summed E-state index contributed by atoms with van der Waals surface area (Å²) in [5, 5.41) is 13.5. The second kappa shape index (κ2) is 10.6. The predicted octanol–water partition coefficient (Wildman–Crippen LogP) is 2.86. The molecule has 2 aromatic carbocycles. The quantitative estimate of drug-likeness (QED) is 0.484. The summed E-state index contributed by atoms with van der Waals surface area (Å²) in [7, 11) is 1.50. The Labute approximate surface area is 168 Å². The molecule has 0 atom stereocenters. The van der Waals surface area contributed by atoms with Gasteiger partial charge in [-0.15, -0.1) is 0 Å². The fourth-order valence-corrected chi connectivity index (χ4v) is 2.60. The van der Waals surface area contributed by atoms with Gasteiger partial charge in [0.1, 0.15) is 11.5 Å². The fourth-order valence-electron chi connectivity index (χ4n) is 2.60. The van der Waals surface area contributed by atoms with Crippen LogP contribution in [0.4, 0.5) is 11.4 Å². The Morgan fingerprint density at radius 2 is 1.93 bits per heavy atom. The first kappa shape index (κ1) is 21.7. The van der Waals surface area contributed by atoms with E-state index in [0.717, 1.165) is 0 Å². The van der Waals surface area contributed by atoms with Gasteiger partial charge in [-0.05, 0) is 24.6 Å². The van der Waals surface area contributed by atoms with Gasteiger partial charge >= 0.3 is 0 Å². The number of anilines is 1. The lowest BCUT2D eigenvalue weighted by molar-refractivity contribution is -0.384. The van der Waals surface area contributed by atoms with E-state index < -0.39 is 10.8 Å². The van der Waals surface area contributed by atoms with E-state index in [0.29, 0.717) is 24.4 Å². The van der Waals surface area contributed by atoms with E-state index in [9.17, 15) is 19.7 Å². The highest BCUT2D eigenvalue weighted by Gasteiger charge is 2.18. The Hall–Kier alpha value is -3.62. The number of benzene rings is 2. The van der Waals surface area contributed by atoms with Crippen LogP contribution >= 0.6 is 0 Å². The van der Waals surface area contributed by atoms with E-state index in [1.165, 1.54) is 36.3 Å². The molecule has 154 valence electrons. The van der Waals surface area contributed by atoms with Crippen LogP contribution in [0.3, 0.4) is 0 Å². The van der Waals surface area contributed by atoms with Crippen molar-refractivity contribution in [2.24, 2.45) is 0 Å². The van der Waals surface area contributed by atoms with Gasteiger partial charge < -0.3 is 19.7 Å². The molecule has 0 saturated carbocycles. The van der Waals surface area contributed by atoms with Gasteiger partial charge in [-0.2, -0.15) is 0 Å². The molecule has 0 fully saturated rings. The van der Waals surface area contributed by atoms with Crippen molar-refractivity contribution in [3.8, 4) is 11.5 Å². The lowest BCUT2D eigenvalue weighted by Gasteiger charge is -2.22. The number of carbonyl (C=O) groups excluding carboxylic acids is 2. The monoisotopic (exact) mass is 401 g/mol. The molecule has 29 heavy (non-hydrogen) atoms. The number of carbonyl (C=O) groups is 2. The second-order valence-electron chi connectivity index (χ2n) is 6.11. The highest BCUT2D eigenvalue weighted by molar-refractivity contribution is 5.95. The van der Waals surface area contributed by atoms with Gasteiger partial charge in [0.2, 0.25) is 5.91 Å². The molecule has 0 unspecified atom stereocenters. The number of rotatable bonds is 10. The van der Waals surface area contributed by atoms with Crippen molar-refractivity contribution < 1.29 is 24.0 Å². The standard InChI is InChI=1S/C20H23N3O6/c1-3-11-22(13-19(24)21-17-9-4-5-10-18(17)28-2)20(25)14-29-16-8-6-7-15(12-16)23(26)27/h4-10,12H,3,11,13-14H2,1-2H3,(H,21,24). The minimum absolute atomic E-state index is 0.128. The normalized spacial score (nSPS) is 10.1. The van der Waals surface area contributed by atoms with Gasteiger partial charge in [-0.1, -0.05) is 25.1 Å². The van der Waals surface area contributed by atoms with Crippen LogP contribution < -0.4 is 14.8 Å². The predicted molar refractivity (Wildman–Crippen MR) is 107 cm³/mol. The van der Waals surface area contributed by atoms with Gasteiger partial charge in [0.25, 0.3) is 11.6 Å². The van der Waals surface area contributed by atoms with E-state index in [4.69, 9.17) is 9.47 Å². The molecular formula is C20H23N3O6. The van der Waals surface area contributed by atoms with Crippen LogP contribution in [0, 0.1) is 10.1 Å². The van der Waals surface area contributed by atoms with Crippen LogP contribution in [0.1, 0.15) is 13.3 Å². The molecule has 0 aliphatic carbocycles. The number of nitro benzene ring substituents is 1. The topological polar surface area (TPSA) is 111 Å². The van der Waals surface area contributed by atoms with Gasteiger partial charge in [-0.25, -0.2) is 0 Å². The number of hydrogen-bond acceptors (Lipinski definition) is 6. The number of nitro groups is 1. The molecule has 2 rings (SSSR count). The number of nitrogens with one attached hydrogen (secondary N) is 1. The Morgan fingerprint density at radius 1 is 1.17 bits per heavy atom. The average Bonchev–Trinajstić information content (AvgIpc) is 2.72. The molecule has 0 heterocycles. The highest BCUT2D eigenvalue weighted by Crippen LogP contribution is 2.23. The van der Waals surface area contributed by atoms with Crippen molar-refractivity contribution in [3.63, 3.8) is 0 Å². The third kappa shape index (κ3) is 6.49. The zero-order valence-corrected chi connectivity index (χ0v) is 16.3. The highest BCUT2D eigenvalue weighted by atomic mass is 16.6. The molecule has 0 aliphatic heterocycles. The summed E-state index contributed by atoms with van der Waals surface area (Å²) in [6.45, 7) is 1.78. The molecule has 9 nitrogen and oxygen atoms in total. The summed E-state index contributed by atoms with van der Waals surface area (Å²) < 4.78 is 10.6. The van der Waals surface area contributed by atoms with Crippen LogP contribution in [0.2, 0.25) is 0 Å². The molecule has 0 aromatic heterocycles. The molecule has 0 saturated heterocycles. The second-order valence-corrected chi connectivity index (χ2v) is 6.11. The van der Waals surface area contributed by atoms with E-state index >= 15 is 0 Å². The molecule has 0 radical (unpaired) electrons. The van der Waals surface area contributed by atoms with E-state index in [1.54, 1.807) is 24.3 Å². The Kier molecular flexibility index (Phi) is 7.96. The zero-order valence-electron chi connectivity index (χ0n) is 16.3. The van der Waals surface area contributed by atoms with E-state index in [-0.39, 0.29) is 30.5 Å². The lowest BCUT2D eigenvalue weighted by atomic mass is 10.3. The molecule has 0 aliphatic rings. The maximum atomic E-state index is 12.5. The van der Waals surface area contributed by atoms with E-state index in [1.807, 2.05) is 6.92 Å². The molecule has 1 N–H and O–H groups in total. The summed E-state index contributed by atoms with van der Waals surface area (Å²) in [5.74, 6) is -0.0362. The van der Waals surface area contributed by atoms with Crippen molar-refractivity contribution in [1.82, 2.24) is 4.90 Å². The van der Waals surface area contributed by atoms with Crippen molar-refractivity contribution in [2.75, 3.05) is 32.1 Å². The third-order valence-corrected chi connectivity index (χ3v) is 3.95. The minimum atomic E-state index is -0.541. The number of amides is 2. The summed E-state index contributed by atoms with van der Waals surface area (Å²) in [5.41, 5.74) is 0.383. The number of ether oxygens (including phenoxy) is 2. The van der Waals surface area contributed by atoms with Crippen LogP contribution in [0.15, 0.2) is 48.5 Å². The smallest absolute Gasteiger partial charge is 0.273 e. The summed E-state index contributed by atoms with van der Waals surface area (Å²) in [6, 6.07) is 12.5. The first-order valence-electron chi connectivity index (χ1n) is 9.02. The van der Waals surface area contributed by atoms with Crippen molar-refractivity contribution in [3.05, 3.63) is 58.6 Å². The SMILES string of the molecule is CCCN(CC(=O)Nc1ccccc1OC)C(=O)COc1cccc([N+](=O)[O-])c1. The molecule has 2 aromatic rings. The summed E-state index contributed by atoms with van der Waals surface area (Å²) in [6.07, 6.45) is 0.657. The maximum Gasteiger partial charge on any atom is 0.273 e. The lowest BCUT2D eigenvalue weighted by Crippen LogP contribution is -2.41. The summed E-state index contributed by atoms with van der Waals surface area (Å²) in [4.78, 5) is 36.5. The first-order valence-corrected chi connectivity index (χ1v) is 9.02. The van der Waals surface area contributed by atoms with Crippen LogP contribution in [0.25, 0.3) is 0 Å². The van der Waals surface area contributed by atoms with Crippen LogP contribution in [-0.4, -0.2) is 48.4 Å². The number of hydrogen-bond donors (Lipinski definition) is 1. The first-order chi connectivity index (χ1) is 13.9. The van der Waals surface area contributed by atoms with E-state index in [2.05, 4.69) is 5.32 Å². The van der Waals surface area contributed by atoms with Gasteiger partial charge in [0.15, 0.2) is 6.61 Å². The fraction of sp³-hybridized carbons (Fsp3) is 0.300. The minimum Gasteiger partial charge on any atom is -0.495 e. The van der Waals surface area contributed by atoms with Crippen molar-refractivity contribution in [2.45, 2.75) is 13.3 Å². The Balaban J connectivity index is 1.97. The number of nitrogens with zero attached hydrogens (tertiary/aromatic N) is 2. The van der Waals surface area contributed by atoms with Crippen LogP contribution in [-0.2, 0) is 9.59 Å². The molecule has 0 bridgehead atoms. The third-order valence-electron chi connectivity index (χ3n) is 3.95. The Bertz CT molecular complexity index is 871. The van der Waals surface area contributed by atoms with Gasteiger partial charge in [0, 0.05) is 12.6 Å². The molecule has 9 heteroatoms. The molecule has 0 spiro atoms. The van der Waals surface area contributed by atoms with Crippen molar-refractivity contribution >= 4 is 23.2 Å². The zero-order chi connectivity index (χ0) is 21.2. The van der Waals surface area contributed by atoms with Gasteiger partial charge in [0.05, 0.1) is 30.3 Å². The number of non-ortho nitro benzene ring substituents is 1. The molecule has 2 amide bonds. The summed E-state index contributed by atoms with van der Waals surface area (Å²) >= 11 is 0.